The Bertz CT molecular complexity index is 208. The van der Waals surface area contributed by atoms with Crippen LogP contribution >= 0.6 is 0 Å². The van der Waals surface area contributed by atoms with Crippen LogP contribution in [0.15, 0.2) is 25.0 Å². The van der Waals surface area contributed by atoms with Crippen LogP contribution in [0.5, 0.6) is 0 Å². The van der Waals surface area contributed by atoms with E-state index in [-0.39, 0.29) is 0 Å². The van der Waals surface area contributed by atoms with E-state index < -0.39 is 18.4 Å². The fraction of sp³-hybridized carbons (Fsp3) is 0.500. The minimum absolute atomic E-state index is 0.624. The summed E-state index contributed by atoms with van der Waals surface area (Å²) in [5.74, 6) is -0.624. The van der Waals surface area contributed by atoms with Gasteiger partial charge in [-0.2, -0.15) is 0 Å². The van der Waals surface area contributed by atoms with Crippen molar-refractivity contribution in [2.24, 2.45) is 0 Å². The van der Waals surface area contributed by atoms with E-state index >= 15 is 0 Å². The molecule has 0 aliphatic rings. The minimum Gasteiger partial charge on any atom is -0.460 e. The highest BCUT2D eigenvalue weighted by atomic mass is 16.7. The number of aliphatic hydroxyl groups excluding tert-OH is 1. The van der Waals surface area contributed by atoms with Crippen LogP contribution in [0.3, 0.4) is 0 Å². The Morgan fingerprint density at radius 3 is 2.71 bits per heavy atom. The van der Waals surface area contributed by atoms with E-state index in [1.807, 2.05) is 6.92 Å². The van der Waals surface area contributed by atoms with Gasteiger partial charge in [0.15, 0.2) is 0 Å². The molecule has 4 nitrogen and oxygen atoms in total. The van der Waals surface area contributed by atoms with Gasteiger partial charge >= 0.3 is 5.97 Å². The second kappa shape index (κ2) is 7.15. The molecule has 0 saturated carbocycles. The van der Waals surface area contributed by atoms with Gasteiger partial charge in [-0.3, -0.25) is 0 Å². The average Bonchev–Trinajstić information content (AvgIpc) is 2.16. The molecule has 0 spiro atoms. The predicted octanol–water partition coefficient (Wildman–Crippen LogP) is 1.36. The number of allylic oxidation sites excluding steroid dienone is 1. The number of carbonyl (C=O) groups excluding carboxylic acids is 1. The van der Waals surface area contributed by atoms with Gasteiger partial charge in [-0.05, 0) is 19.4 Å². The molecular formula is C10H16O4. The molecule has 0 amide bonds. The maximum Gasteiger partial charge on any atom is 0.333 e. The smallest absolute Gasteiger partial charge is 0.333 e. The van der Waals surface area contributed by atoms with Crippen LogP contribution < -0.4 is 0 Å². The van der Waals surface area contributed by atoms with Crippen molar-refractivity contribution in [1.82, 2.24) is 0 Å². The van der Waals surface area contributed by atoms with Crippen molar-refractivity contribution in [2.45, 2.75) is 32.7 Å². The largest absolute Gasteiger partial charge is 0.460 e. The molecule has 0 rings (SSSR count). The molecule has 0 aliphatic heterocycles. The van der Waals surface area contributed by atoms with Crippen molar-refractivity contribution >= 4 is 5.97 Å². The average molecular weight is 200 g/mol. The van der Waals surface area contributed by atoms with Gasteiger partial charge in [0.1, 0.15) is 6.10 Å². The number of aliphatic hydroxyl groups is 1. The van der Waals surface area contributed by atoms with E-state index in [2.05, 4.69) is 6.58 Å². The molecule has 0 aromatic rings. The lowest BCUT2D eigenvalue weighted by Crippen LogP contribution is -2.29. The van der Waals surface area contributed by atoms with Crippen molar-refractivity contribution in [3.8, 4) is 0 Å². The monoisotopic (exact) mass is 200 g/mol. The fourth-order valence-electron chi connectivity index (χ4n) is 0.632. The van der Waals surface area contributed by atoms with Gasteiger partial charge in [0.2, 0.25) is 0 Å². The maximum atomic E-state index is 10.8. The van der Waals surface area contributed by atoms with Crippen LogP contribution in [0.1, 0.15) is 20.3 Å². The lowest BCUT2D eigenvalue weighted by molar-refractivity contribution is -0.180. The van der Waals surface area contributed by atoms with Crippen LogP contribution in [0.25, 0.3) is 0 Å². The second-order valence-electron chi connectivity index (χ2n) is 2.67. The summed E-state index contributed by atoms with van der Waals surface area (Å²) in [5, 5.41) is 9.19. The first-order valence-electron chi connectivity index (χ1n) is 4.43. The lowest BCUT2D eigenvalue weighted by Gasteiger charge is -2.18. The number of esters is 1. The topological polar surface area (TPSA) is 55.8 Å². The third-order valence-electron chi connectivity index (χ3n) is 1.34. The third-order valence-corrected chi connectivity index (χ3v) is 1.34. The number of rotatable bonds is 6. The minimum atomic E-state index is -0.983. The number of ether oxygens (including phenoxy) is 2. The van der Waals surface area contributed by atoms with Gasteiger partial charge in [0, 0.05) is 6.08 Å². The standard InChI is InChI=1S/C10H16O4/c1-4-6-7-13-10(8(3)11)14-9(12)5-2/h5-8,10-11H,2,4H2,1,3H3. The molecule has 80 valence electrons. The van der Waals surface area contributed by atoms with Crippen molar-refractivity contribution in [3.05, 3.63) is 25.0 Å². The SMILES string of the molecule is C=CC(=O)OC(OC=CCC)C(C)O. The molecule has 0 heterocycles. The Labute approximate surface area is 83.8 Å². The van der Waals surface area contributed by atoms with Gasteiger partial charge < -0.3 is 14.6 Å². The lowest BCUT2D eigenvalue weighted by atomic mass is 10.4. The summed E-state index contributed by atoms with van der Waals surface area (Å²) in [5.41, 5.74) is 0. The predicted molar refractivity (Wildman–Crippen MR) is 52.3 cm³/mol. The first-order chi connectivity index (χ1) is 6.61. The van der Waals surface area contributed by atoms with E-state index in [1.165, 1.54) is 13.2 Å². The van der Waals surface area contributed by atoms with Gasteiger partial charge in [0.05, 0.1) is 6.26 Å². The number of hydrogen-bond donors (Lipinski definition) is 1. The Hall–Kier alpha value is -1.29. The maximum absolute atomic E-state index is 10.8. The molecule has 0 aromatic heterocycles. The first kappa shape index (κ1) is 12.7. The third kappa shape index (κ3) is 5.37. The Balaban J connectivity index is 4.08. The fourth-order valence-corrected chi connectivity index (χ4v) is 0.632. The van der Waals surface area contributed by atoms with Gasteiger partial charge in [-0.25, -0.2) is 4.79 Å². The summed E-state index contributed by atoms with van der Waals surface area (Å²) >= 11 is 0. The van der Waals surface area contributed by atoms with Crippen LogP contribution in [-0.4, -0.2) is 23.5 Å². The van der Waals surface area contributed by atoms with E-state index in [0.29, 0.717) is 0 Å². The molecule has 0 bridgehead atoms. The number of carbonyl (C=O) groups is 1. The molecule has 0 radical (unpaired) electrons. The highest BCUT2D eigenvalue weighted by Gasteiger charge is 2.18. The van der Waals surface area contributed by atoms with Crippen molar-refractivity contribution < 1.29 is 19.4 Å². The summed E-state index contributed by atoms with van der Waals surface area (Å²) in [4.78, 5) is 10.8. The summed E-state index contributed by atoms with van der Waals surface area (Å²) in [6, 6.07) is 0. The second-order valence-corrected chi connectivity index (χ2v) is 2.67. The van der Waals surface area contributed by atoms with Gasteiger partial charge in [-0.15, -0.1) is 0 Å². The summed E-state index contributed by atoms with van der Waals surface area (Å²) in [7, 11) is 0. The summed E-state index contributed by atoms with van der Waals surface area (Å²) < 4.78 is 9.72. The quantitative estimate of drug-likeness (QED) is 0.304. The Morgan fingerprint density at radius 1 is 1.64 bits per heavy atom. The zero-order valence-corrected chi connectivity index (χ0v) is 8.47. The molecule has 0 fully saturated rings. The molecule has 0 aromatic carbocycles. The van der Waals surface area contributed by atoms with Crippen molar-refractivity contribution in [2.75, 3.05) is 0 Å². The van der Waals surface area contributed by atoms with E-state index in [4.69, 9.17) is 9.47 Å². The Kier molecular flexibility index (Phi) is 6.49. The molecule has 14 heavy (non-hydrogen) atoms. The highest BCUT2D eigenvalue weighted by molar-refractivity contribution is 5.81. The van der Waals surface area contributed by atoms with Crippen LogP contribution in [0.2, 0.25) is 0 Å². The zero-order valence-electron chi connectivity index (χ0n) is 8.47. The van der Waals surface area contributed by atoms with E-state index in [9.17, 15) is 9.90 Å². The molecule has 2 unspecified atom stereocenters. The zero-order chi connectivity index (χ0) is 11.0. The Morgan fingerprint density at radius 2 is 2.29 bits per heavy atom. The molecule has 1 N–H and O–H groups in total. The van der Waals surface area contributed by atoms with Crippen molar-refractivity contribution in [3.63, 3.8) is 0 Å². The molecular weight excluding hydrogens is 184 g/mol. The normalized spacial score (nSPS) is 14.8. The van der Waals surface area contributed by atoms with E-state index in [1.54, 1.807) is 6.08 Å². The van der Waals surface area contributed by atoms with Crippen LogP contribution in [0, 0.1) is 0 Å². The van der Waals surface area contributed by atoms with E-state index in [0.717, 1.165) is 12.5 Å². The molecule has 2 atom stereocenters. The van der Waals surface area contributed by atoms with Gasteiger partial charge in [0.25, 0.3) is 6.29 Å². The van der Waals surface area contributed by atoms with Crippen LogP contribution in [0.4, 0.5) is 0 Å². The van der Waals surface area contributed by atoms with Crippen LogP contribution in [-0.2, 0) is 14.3 Å². The highest BCUT2D eigenvalue weighted by Crippen LogP contribution is 2.03. The molecule has 0 aliphatic carbocycles. The van der Waals surface area contributed by atoms with Crippen molar-refractivity contribution in [1.29, 1.82) is 0 Å². The number of hydrogen-bond acceptors (Lipinski definition) is 4. The molecule has 4 heteroatoms. The van der Waals surface area contributed by atoms with Gasteiger partial charge in [-0.1, -0.05) is 13.5 Å². The summed E-state index contributed by atoms with van der Waals surface area (Å²) in [6.45, 7) is 6.65. The summed E-state index contributed by atoms with van der Waals surface area (Å²) in [6.07, 6.45) is 3.10. The first-order valence-corrected chi connectivity index (χ1v) is 4.43. The molecule has 0 saturated heterocycles.